The van der Waals surface area contributed by atoms with E-state index in [1.165, 1.54) is 24.2 Å². The van der Waals surface area contributed by atoms with Crippen LogP contribution < -0.4 is 5.32 Å². The number of carbonyl (C=O) groups excluding carboxylic acids is 1. The second-order valence-electron chi connectivity index (χ2n) is 6.23. The Bertz CT molecular complexity index is 712. The molecule has 1 saturated carbocycles. The molecule has 1 aliphatic carbocycles. The summed E-state index contributed by atoms with van der Waals surface area (Å²) in [4.78, 5) is 13.2. The van der Waals surface area contributed by atoms with Gasteiger partial charge in [-0.2, -0.15) is 0 Å². The Morgan fingerprint density at radius 2 is 2.05 bits per heavy atom. The minimum Gasteiger partial charge on any atom is -0.348 e. The highest BCUT2D eigenvalue weighted by atomic mass is 35.5. The van der Waals surface area contributed by atoms with E-state index in [0.717, 1.165) is 16.5 Å². The van der Waals surface area contributed by atoms with Gasteiger partial charge in [0.25, 0.3) is 5.91 Å². The summed E-state index contributed by atoms with van der Waals surface area (Å²) in [5.74, 6) is 1.09. The maximum absolute atomic E-state index is 12.6. The molecule has 1 N–H and O–H groups in total. The molecule has 0 aliphatic heterocycles. The molecule has 0 bridgehead atoms. The molecule has 1 aromatic heterocycles. The van der Waals surface area contributed by atoms with E-state index in [-0.39, 0.29) is 11.9 Å². The van der Waals surface area contributed by atoms with Gasteiger partial charge in [0.2, 0.25) is 0 Å². The summed E-state index contributed by atoms with van der Waals surface area (Å²) < 4.78 is 0.952. The fourth-order valence-electron chi connectivity index (χ4n) is 3.20. The third-order valence-corrected chi connectivity index (χ3v) is 6.71. The van der Waals surface area contributed by atoms with E-state index < -0.39 is 0 Å². The number of nitrogens with one attached hydrogen (secondary N) is 1. The Hall–Kier alpha value is -0.770. The van der Waals surface area contributed by atoms with Gasteiger partial charge in [0, 0.05) is 21.2 Å². The Morgan fingerprint density at radius 3 is 2.82 bits per heavy atom. The topological polar surface area (TPSA) is 29.1 Å². The van der Waals surface area contributed by atoms with Crippen LogP contribution in [0, 0.1) is 11.8 Å². The molecule has 5 heteroatoms. The molecule has 0 radical (unpaired) electrons. The maximum atomic E-state index is 12.6. The third-order valence-electron chi connectivity index (χ3n) is 4.82. The van der Waals surface area contributed by atoms with Crippen molar-refractivity contribution in [2.45, 2.75) is 39.2 Å². The molecule has 3 atom stereocenters. The first kappa shape index (κ1) is 16.1. The van der Waals surface area contributed by atoms with E-state index in [0.29, 0.717) is 26.8 Å². The van der Waals surface area contributed by atoms with Crippen LogP contribution in [0.5, 0.6) is 0 Å². The molecule has 0 saturated heterocycles. The molecule has 0 spiro atoms. The predicted octanol–water partition coefficient (Wildman–Crippen LogP) is 5.76. The van der Waals surface area contributed by atoms with Crippen molar-refractivity contribution in [1.29, 1.82) is 0 Å². The molecule has 1 heterocycles. The van der Waals surface area contributed by atoms with Crippen LogP contribution in [0.3, 0.4) is 0 Å². The lowest BCUT2D eigenvalue weighted by Crippen LogP contribution is -2.43. The zero-order valence-corrected chi connectivity index (χ0v) is 15.0. The number of thiophene rings is 1. The lowest BCUT2D eigenvalue weighted by molar-refractivity contribution is 0.0895. The Labute approximate surface area is 144 Å². The van der Waals surface area contributed by atoms with Gasteiger partial charge in [-0.05, 0) is 30.4 Å². The van der Waals surface area contributed by atoms with Gasteiger partial charge in [-0.15, -0.1) is 11.3 Å². The van der Waals surface area contributed by atoms with Crippen LogP contribution in [0.4, 0.5) is 0 Å². The first-order valence-electron chi connectivity index (χ1n) is 7.65. The van der Waals surface area contributed by atoms with Gasteiger partial charge in [0.15, 0.2) is 0 Å². The van der Waals surface area contributed by atoms with Crippen molar-refractivity contribution in [3.8, 4) is 0 Å². The van der Waals surface area contributed by atoms with Crippen molar-refractivity contribution in [3.05, 3.63) is 33.1 Å². The SMILES string of the molecule is C[C@H]1[C@H](C)CCC[C@H]1NC(=O)c1sc2cc(Cl)ccc2c1Cl. The van der Waals surface area contributed by atoms with Gasteiger partial charge < -0.3 is 5.32 Å². The molecule has 0 unspecified atom stereocenters. The highest BCUT2D eigenvalue weighted by Gasteiger charge is 2.29. The van der Waals surface area contributed by atoms with Gasteiger partial charge in [0.1, 0.15) is 4.88 Å². The van der Waals surface area contributed by atoms with Crippen LogP contribution in [0.25, 0.3) is 10.1 Å². The van der Waals surface area contributed by atoms with Crippen LogP contribution in [0.2, 0.25) is 10.0 Å². The number of amides is 1. The number of hydrogen-bond donors (Lipinski definition) is 1. The van der Waals surface area contributed by atoms with Crippen molar-refractivity contribution in [3.63, 3.8) is 0 Å². The van der Waals surface area contributed by atoms with Crippen molar-refractivity contribution >= 4 is 50.5 Å². The number of hydrogen-bond acceptors (Lipinski definition) is 2. The molecule has 3 rings (SSSR count). The summed E-state index contributed by atoms with van der Waals surface area (Å²) in [6.07, 6.45) is 3.47. The molecule has 1 aromatic carbocycles. The number of rotatable bonds is 2. The molecule has 22 heavy (non-hydrogen) atoms. The fraction of sp³-hybridized carbons (Fsp3) is 0.471. The van der Waals surface area contributed by atoms with E-state index >= 15 is 0 Å². The lowest BCUT2D eigenvalue weighted by atomic mass is 9.78. The Balaban J connectivity index is 1.84. The second-order valence-corrected chi connectivity index (χ2v) is 8.10. The average molecular weight is 356 g/mol. The number of benzene rings is 1. The fourth-order valence-corrected chi connectivity index (χ4v) is 4.90. The van der Waals surface area contributed by atoms with Gasteiger partial charge in [-0.3, -0.25) is 4.79 Å². The molecule has 2 nitrogen and oxygen atoms in total. The maximum Gasteiger partial charge on any atom is 0.263 e. The van der Waals surface area contributed by atoms with Crippen LogP contribution >= 0.6 is 34.5 Å². The largest absolute Gasteiger partial charge is 0.348 e. The highest BCUT2D eigenvalue weighted by Crippen LogP contribution is 2.37. The monoisotopic (exact) mass is 355 g/mol. The molecule has 1 fully saturated rings. The predicted molar refractivity (Wildman–Crippen MR) is 95.3 cm³/mol. The van der Waals surface area contributed by atoms with Crippen molar-refractivity contribution < 1.29 is 4.79 Å². The normalized spacial score (nSPS) is 25.4. The number of carbonyl (C=O) groups is 1. The summed E-state index contributed by atoms with van der Waals surface area (Å²) in [6.45, 7) is 4.48. The molecule has 1 aliphatic rings. The average Bonchev–Trinajstić information content (AvgIpc) is 2.80. The first-order chi connectivity index (χ1) is 10.5. The summed E-state index contributed by atoms with van der Waals surface area (Å²) in [5, 5.41) is 5.27. The van der Waals surface area contributed by atoms with Gasteiger partial charge >= 0.3 is 0 Å². The zero-order chi connectivity index (χ0) is 15.9. The summed E-state index contributed by atoms with van der Waals surface area (Å²) in [5.41, 5.74) is 0. The Kier molecular flexibility index (Phi) is 4.67. The van der Waals surface area contributed by atoms with E-state index in [9.17, 15) is 4.79 Å². The van der Waals surface area contributed by atoms with Crippen LogP contribution in [-0.4, -0.2) is 11.9 Å². The minimum atomic E-state index is -0.0618. The van der Waals surface area contributed by atoms with Crippen molar-refractivity contribution in [2.24, 2.45) is 11.8 Å². The van der Waals surface area contributed by atoms with Crippen LogP contribution in [0.1, 0.15) is 42.8 Å². The van der Waals surface area contributed by atoms with E-state index in [1.54, 1.807) is 6.07 Å². The van der Waals surface area contributed by atoms with Gasteiger partial charge in [0.05, 0.1) is 5.02 Å². The van der Waals surface area contributed by atoms with Crippen molar-refractivity contribution in [1.82, 2.24) is 5.32 Å². The van der Waals surface area contributed by atoms with E-state index in [1.807, 2.05) is 12.1 Å². The summed E-state index contributed by atoms with van der Waals surface area (Å²) >= 11 is 13.8. The second kappa shape index (κ2) is 6.38. The summed E-state index contributed by atoms with van der Waals surface area (Å²) in [7, 11) is 0. The quantitative estimate of drug-likeness (QED) is 0.728. The van der Waals surface area contributed by atoms with E-state index in [2.05, 4.69) is 19.2 Å². The van der Waals surface area contributed by atoms with Crippen LogP contribution in [0.15, 0.2) is 18.2 Å². The Morgan fingerprint density at radius 1 is 1.27 bits per heavy atom. The lowest BCUT2D eigenvalue weighted by Gasteiger charge is -2.34. The van der Waals surface area contributed by atoms with Crippen LogP contribution in [-0.2, 0) is 0 Å². The number of fused-ring (bicyclic) bond motifs is 1. The van der Waals surface area contributed by atoms with Gasteiger partial charge in [-0.1, -0.05) is 56.0 Å². The first-order valence-corrected chi connectivity index (χ1v) is 9.23. The molecule has 2 aromatic rings. The minimum absolute atomic E-state index is 0.0618. The number of halogens is 2. The molecule has 1 amide bonds. The smallest absolute Gasteiger partial charge is 0.263 e. The standard InChI is InChI=1S/C17H19Cl2NOS/c1-9-4-3-5-13(10(9)2)20-17(21)16-15(19)12-7-6-11(18)8-14(12)22-16/h6-10,13H,3-5H2,1-2H3,(H,20,21)/t9-,10+,13-/m1/s1. The molecule has 118 valence electrons. The highest BCUT2D eigenvalue weighted by molar-refractivity contribution is 7.21. The third kappa shape index (κ3) is 2.99. The van der Waals surface area contributed by atoms with E-state index in [4.69, 9.17) is 23.2 Å². The van der Waals surface area contributed by atoms with Gasteiger partial charge in [-0.25, -0.2) is 0 Å². The zero-order valence-electron chi connectivity index (χ0n) is 12.7. The molecular weight excluding hydrogens is 337 g/mol. The molecular formula is C17H19Cl2NOS. The summed E-state index contributed by atoms with van der Waals surface area (Å²) in [6, 6.07) is 5.77. The van der Waals surface area contributed by atoms with Crippen molar-refractivity contribution in [2.75, 3.05) is 0 Å².